The van der Waals surface area contributed by atoms with Crippen molar-refractivity contribution in [3.05, 3.63) is 59.4 Å². The van der Waals surface area contributed by atoms with Crippen molar-refractivity contribution >= 4 is 16.8 Å². The van der Waals surface area contributed by atoms with E-state index in [1.165, 1.54) is 12.1 Å². The van der Waals surface area contributed by atoms with Gasteiger partial charge in [-0.05, 0) is 44.2 Å². The Kier molecular flexibility index (Phi) is 3.25. The van der Waals surface area contributed by atoms with E-state index in [-0.39, 0.29) is 17.8 Å². The van der Waals surface area contributed by atoms with Crippen molar-refractivity contribution in [2.75, 3.05) is 0 Å². The summed E-state index contributed by atoms with van der Waals surface area (Å²) in [7, 11) is 0. The lowest BCUT2D eigenvalue weighted by Gasteiger charge is -2.10. The molecule has 1 atom stereocenters. The van der Waals surface area contributed by atoms with Crippen molar-refractivity contribution in [2.45, 2.75) is 19.9 Å². The first-order chi connectivity index (χ1) is 10.0. The minimum Gasteiger partial charge on any atom is -0.464 e. The van der Waals surface area contributed by atoms with Gasteiger partial charge in [-0.2, -0.15) is 0 Å². The highest BCUT2D eigenvalue weighted by Gasteiger charge is 2.16. The summed E-state index contributed by atoms with van der Waals surface area (Å²) in [4.78, 5) is 15.1. The molecular formula is C16H15FN2O2. The average Bonchev–Trinajstić information content (AvgIpc) is 3.05. The van der Waals surface area contributed by atoms with Gasteiger partial charge in [-0.3, -0.25) is 4.79 Å². The Labute approximate surface area is 121 Å². The molecule has 0 aliphatic rings. The molecule has 0 aliphatic carbocycles. The van der Waals surface area contributed by atoms with Gasteiger partial charge in [0.2, 0.25) is 0 Å². The van der Waals surface area contributed by atoms with Gasteiger partial charge < -0.3 is 14.7 Å². The molecule has 0 bridgehead atoms. The van der Waals surface area contributed by atoms with Crippen molar-refractivity contribution in [1.82, 2.24) is 10.3 Å². The number of amides is 1. The number of aromatic nitrogens is 1. The molecule has 0 spiro atoms. The molecule has 1 amide bonds. The number of hydrogen-bond donors (Lipinski definition) is 2. The molecule has 3 aromatic rings. The SMILES string of the molecule is Cc1ccc([C@@H](C)NC(=O)c2cc3c(F)cccc3[nH]2)o1. The van der Waals surface area contributed by atoms with Crippen LogP contribution in [-0.4, -0.2) is 10.9 Å². The van der Waals surface area contributed by atoms with Crippen molar-refractivity contribution < 1.29 is 13.6 Å². The molecule has 0 radical (unpaired) electrons. The number of aryl methyl sites for hydroxylation is 1. The molecule has 108 valence electrons. The third-order valence-electron chi connectivity index (χ3n) is 3.39. The quantitative estimate of drug-likeness (QED) is 0.771. The number of carbonyl (C=O) groups is 1. The van der Waals surface area contributed by atoms with E-state index in [2.05, 4.69) is 10.3 Å². The van der Waals surface area contributed by atoms with Crippen molar-refractivity contribution in [3.8, 4) is 0 Å². The molecule has 0 unspecified atom stereocenters. The van der Waals surface area contributed by atoms with Crippen molar-refractivity contribution in [2.24, 2.45) is 0 Å². The summed E-state index contributed by atoms with van der Waals surface area (Å²) in [5.74, 6) is 0.826. The zero-order valence-corrected chi connectivity index (χ0v) is 11.7. The summed E-state index contributed by atoms with van der Waals surface area (Å²) >= 11 is 0. The summed E-state index contributed by atoms with van der Waals surface area (Å²) in [5.41, 5.74) is 0.923. The Bertz CT molecular complexity index is 804. The van der Waals surface area contributed by atoms with Crippen LogP contribution < -0.4 is 5.32 Å². The summed E-state index contributed by atoms with van der Waals surface area (Å²) in [6.07, 6.45) is 0. The van der Waals surface area contributed by atoms with E-state index in [1.807, 2.05) is 26.0 Å². The van der Waals surface area contributed by atoms with Crippen LogP contribution in [0.1, 0.15) is 35.0 Å². The Morgan fingerprint density at radius 3 is 2.81 bits per heavy atom. The van der Waals surface area contributed by atoms with E-state index in [4.69, 9.17) is 4.42 Å². The fourth-order valence-corrected chi connectivity index (χ4v) is 2.27. The summed E-state index contributed by atoms with van der Waals surface area (Å²) in [6, 6.07) is 9.62. The van der Waals surface area contributed by atoms with Gasteiger partial charge in [0.1, 0.15) is 23.0 Å². The Morgan fingerprint density at radius 1 is 1.33 bits per heavy atom. The highest BCUT2D eigenvalue weighted by molar-refractivity contribution is 5.98. The van der Waals surface area contributed by atoms with Crippen LogP contribution in [0.25, 0.3) is 10.9 Å². The molecule has 0 saturated carbocycles. The third kappa shape index (κ3) is 2.54. The molecule has 0 aliphatic heterocycles. The van der Waals surface area contributed by atoms with Gasteiger partial charge in [-0.1, -0.05) is 6.07 Å². The lowest BCUT2D eigenvalue weighted by atomic mass is 10.2. The lowest BCUT2D eigenvalue weighted by molar-refractivity contribution is 0.0931. The first kappa shape index (κ1) is 13.4. The lowest BCUT2D eigenvalue weighted by Crippen LogP contribution is -2.26. The maximum Gasteiger partial charge on any atom is 0.268 e. The Morgan fingerprint density at radius 2 is 2.14 bits per heavy atom. The van der Waals surface area contributed by atoms with E-state index in [0.717, 1.165) is 5.76 Å². The topological polar surface area (TPSA) is 58.0 Å². The van der Waals surface area contributed by atoms with Gasteiger partial charge in [-0.15, -0.1) is 0 Å². The number of benzene rings is 1. The van der Waals surface area contributed by atoms with E-state index in [9.17, 15) is 9.18 Å². The number of fused-ring (bicyclic) bond motifs is 1. The number of H-pyrrole nitrogens is 1. The number of carbonyl (C=O) groups excluding carboxylic acids is 1. The van der Waals surface area contributed by atoms with E-state index >= 15 is 0 Å². The highest BCUT2D eigenvalue weighted by Crippen LogP contribution is 2.20. The van der Waals surface area contributed by atoms with Gasteiger partial charge in [-0.25, -0.2) is 4.39 Å². The molecule has 21 heavy (non-hydrogen) atoms. The van der Waals surface area contributed by atoms with E-state index in [0.29, 0.717) is 22.4 Å². The Hall–Kier alpha value is -2.56. The van der Waals surface area contributed by atoms with Crippen LogP contribution in [0.3, 0.4) is 0 Å². The maximum atomic E-state index is 13.6. The number of hydrogen-bond acceptors (Lipinski definition) is 2. The first-order valence-electron chi connectivity index (χ1n) is 6.69. The second-order valence-corrected chi connectivity index (χ2v) is 5.03. The highest BCUT2D eigenvalue weighted by atomic mass is 19.1. The van der Waals surface area contributed by atoms with Crippen LogP contribution in [0.2, 0.25) is 0 Å². The number of halogens is 1. The zero-order valence-electron chi connectivity index (χ0n) is 11.7. The smallest absolute Gasteiger partial charge is 0.268 e. The first-order valence-corrected chi connectivity index (χ1v) is 6.69. The van der Waals surface area contributed by atoms with Crippen LogP contribution in [0.4, 0.5) is 4.39 Å². The number of rotatable bonds is 3. The fourth-order valence-electron chi connectivity index (χ4n) is 2.27. The largest absolute Gasteiger partial charge is 0.464 e. The Balaban J connectivity index is 1.82. The fraction of sp³-hybridized carbons (Fsp3) is 0.188. The zero-order chi connectivity index (χ0) is 15.0. The molecule has 0 fully saturated rings. The van der Waals surface area contributed by atoms with Crippen molar-refractivity contribution in [3.63, 3.8) is 0 Å². The third-order valence-corrected chi connectivity index (χ3v) is 3.39. The molecule has 3 rings (SSSR count). The van der Waals surface area contributed by atoms with Crippen molar-refractivity contribution in [1.29, 1.82) is 0 Å². The number of furan rings is 1. The monoisotopic (exact) mass is 286 g/mol. The molecule has 2 heterocycles. The van der Waals surface area contributed by atoms with E-state index in [1.54, 1.807) is 12.1 Å². The van der Waals surface area contributed by atoms with Gasteiger partial charge in [0.25, 0.3) is 5.91 Å². The predicted octanol–water partition coefficient (Wildman–Crippen LogP) is 3.70. The van der Waals surface area contributed by atoms with Gasteiger partial charge in [0.05, 0.1) is 6.04 Å². The molecular weight excluding hydrogens is 271 g/mol. The molecule has 5 heteroatoms. The molecule has 1 aromatic carbocycles. The van der Waals surface area contributed by atoms with Crippen LogP contribution >= 0.6 is 0 Å². The number of nitrogens with one attached hydrogen (secondary N) is 2. The van der Waals surface area contributed by atoms with Crippen LogP contribution in [-0.2, 0) is 0 Å². The van der Waals surface area contributed by atoms with Gasteiger partial charge >= 0.3 is 0 Å². The second-order valence-electron chi connectivity index (χ2n) is 5.03. The molecule has 2 N–H and O–H groups in total. The summed E-state index contributed by atoms with van der Waals surface area (Å²) in [5, 5.41) is 3.23. The average molecular weight is 286 g/mol. The predicted molar refractivity (Wildman–Crippen MR) is 77.6 cm³/mol. The maximum absolute atomic E-state index is 13.6. The minimum atomic E-state index is -0.350. The van der Waals surface area contributed by atoms with Crippen LogP contribution in [0, 0.1) is 12.7 Å². The minimum absolute atomic E-state index is 0.262. The molecule has 2 aromatic heterocycles. The van der Waals surface area contributed by atoms with E-state index < -0.39 is 0 Å². The van der Waals surface area contributed by atoms with Crippen LogP contribution in [0.5, 0.6) is 0 Å². The normalized spacial score (nSPS) is 12.5. The molecule has 0 saturated heterocycles. The second kappa shape index (κ2) is 5.09. The van der Waals surface area contributed by atoms with Crippen LogP contribution in [0.15, 0.2) is 40.8 Å². The van der Waals surface area contributed by atoms with Gasteiger partial charge in [0, 0.05) is 10.9 Å². The van der Waals surface area contributed by atoms with Gasteiger partial charge in [0.15, 0.2) is 0 Å². The summed E-state index contributed by atoms with van der Waals surface area (Å²) in [6.45, 7) is 3.68. The number of aromatic amines is 1. The standard InChI is InChI=1S/C16H15FN2O2/c1-9-6-7-15(21-9)10(2)18-16(20)14-8-11-12(17)4-3-5-13(11)19-14/h3-8,10,19H,1-2H3,(H,18,20)/t10-/m1/s1. The summed E-state index contributed by atoms with van der Waals surface area (Å²) < 4.78 is 19.1. The molecule has 4 nitrogen and oxygen atoms in total.